The third-order valence-electron chi connectivity index (χ3n) is 2.70. The number of benzene rings is 1. The van der Waals surface area contributed by atoms with Gasteiger partial charge in [0.25, 0.3) is 0 Å². The molecule has 0 saturated carbocycles. The first kappa shape index (κ1) is 11.1. The number of nitrogen functional groups attached to an aromatic ring is 1. The molecule has 1 aromatic carbocycles. The van der Waals surface area contributed by atoms with Gasteiger partial charge in [0.1, 0.15) is 17.5 Å². The zero-order valence-corrected chi connectivity index (χ0v) is 9.73. The van der Waals surface area contributed by atoms with Gasteiger partial charge in [-0.25, -0.2) is 9.97 Å². The number of rotatable bonds is 1. The predicted octanol–water partition coefficient (Wildman–Crippen LogP) is 2.21. The van der Waals surface area contributed by atoms with E-state index in [0.717, 1.165) is 5.56 Å². The summed E-state index contributed by atoms with van der Waals surface area (Å²) in [5, 5.41) is 8.75. The number of nitrogens with two attached hydrogens (primary N) is 1. The molecule has 0 fully saturated rings. The molecule has 0 aliphatic carbocycles. The lowest BCUT2D eigenvalue weighted by atomic mass is 10.1. The van der Waals surface area contributed by atoms with E-state index in [9.17, 15) is 0 Å². The molecule has 0 atom stereocenters. The molecule has 0 unspecified atom stereocenters. The Balaban J connectivity index is 2.50. The van der Waals surface area contributed by atoms with Crippen LogP contribution in [0.15, 0.2) is 24.4 Å². The fourth-order valence-electron chi connectivity index (χ4n) is 1.50. The fourth-order valence-corrected chi connectivity index (χ4v) is 1.50. The van der Waals surface area contributed by atoms with Crippen LogP contribution in [0.1, 0.15) is 16.7 Å². The Morgan fingerprint density at radius 1 is 1.24 bits per heavy atom. The molecular formula is C13H12N4. The van der Waals surface area contributed by atoms with Crippen LogP contribution in [0, 0.1) is 25.2 Å². The van der Waals surface area contributed by atoms with Crippen LogP contribution in [-0.4, -0.2) is 9.97 Å². The smallest absolute Gasteiger partial charge is 0.161 e. The molecule has 0 amide bonds. The number of hydrogen-bond donors (Lipinski definition) is 1. The maximum atomic E-state index is 8.75. The third-order valence-corrected chi connectivity index (χ3v) is 2.70. The standard InChI is InChI=1S/C13H12N4/c1-8-3-4-10(5-9(8)2)13-16-7-11(6-14)12(15)17-13/h3-5,7H,1-2H3,(H2,15,16,17). The van der Waals surface area contributed by atoms with Crippen LogP contribution < -0.4 is 5.73 Å². The molecular weight excluding hydrogens is 212 g/mol. The third kappa shape index (κ3) is 2.08. The van der Waals surface area contributed by atoms with E-state index in [0.29, 0.717) is 11.4 Å². The molecule has 0 saturated heterocycles. The van der Waals surface area contributed by atoms with Gasteiger partial charge in [0.15, 0.2) is 5.82 Å². The lowest BCUT2D eigenvalue weighted by molar-refractivity contribution is 1.16. The van der Waals surface area contributed by atoms with Crippen molar-refractivity contribution in [1.82, 2.24) is 9.97 Å². The topological polar surface area (TPSA) is 75.6 Å². The summed E-state index contributed by atoms with van der Waals surface area (Å²) in [5.41, 5.74) is 9.27. The molecule has 2 N–H and O–H groups in total. The minimum absolute atomic E-state index is 0.218. The van der Waals surface area contributed by atoms with Gasteiger partial charge in [0, 0.05) is 5.56 Å². The van der Waals surface area contributed by atoms with Crippen LogP contribution in [0.3, 0.4) is 0 Å². The van der Waals surface area contributed by atoms with E-state index in [1.807, 2.05) is 38.1 Å². The van der Waals surface area contributed by atoms with Gasteiger partial charge in [-0.1, -0.05) is 12.1 Å². The van der Waals surface area contributed by atoms with Crippen molar-refractivity contribution in [2.45, 2.75) is 13.8 Å². The number of hydrogen-bond acceptors (Lipinski definition) is 4. The number of nitrogens with zero attached hydrogens (tertiary/aromatic N) is 3. The van der Waals surface area contributed by atoms with E-state index in [2.05, 4.69) is 9.97 Å². The second-order valence-corrected chi connectivity index (χ2v) is 3.90. The van der Waals surface area contributed by atoms with Crippen molar-refractivity contribution in [2.24, 2.45) is 0 Å². The van der Waals surface area contributed by atoms with Crippen molar-refractivity contribution >= 4 is 5.82 Å². The van der Waals surface area contributed by atoms with Gasteiger partial charge >= 0.3 is 0 Å². The van der Waals surface area contributed by atoms with Crippen LogP contribution in [0.2, 0.25) is 0 Å². The van der Waals surface area contributed by atoms with Crippen molar-refractivity contribution in [1.29, 1.82) is 5.26 Å². The maximum Gasteiger partial charge on any atom is 0.161 e. The highest BCUT2D eigenvalue weighted by Crippen LogP contribution is 2.20. The van der Waals surface area contributed by atoms with E-state index in [4.69, 9.17) is 11.0 Å². The highest BCUT2D eigenvalue weighted by atomic mass is 14.9. The highest BCUT2D eigenvalue weighted by molar-refractivity contribution is 5.60. The van der Waals surface area contributed by atoms with Crippen molar-refractivity contribution in [3.05, 3.63) is 41.1 Å². The summed E-state index contributed by atoms with van der Waals surface area (Å²) < 4.78 is 0. The Morgan fingerprint density at radius 2 is 2.00 bits per heavy atom. The van der Waals surface area contributed by atoms with Gasteiger partial charge in [-0.05, 0) is 31.0 Å². The Kier molecular flexibility index (Phi) is 2.75. The summed E-state index contributed by atoms with van der Waals surface area (Å²) in [6.45, 7) is 4.08. The lowest BCUT2D eigenvalue weighted by Gasteiger charge is -2.05. The van der Waals surface area contributed by atoms with Gasteiger partial charge in [0.2, 0.25) is 0 Å². The van der Waals surface area contributed by atoms with E-state index in [-0.39, 0.29) is 5.82 Å². The number of anilines is 1. The van der Waals surface area contributed by atoms with E-state index >= 15 is 0 Å². The number of aryl methyl sites for hydroxylation is 2. The molecule has 4 heteroatoms. The van der Waals surface area contributed by atoms with E-state index in [1.54, 1.807) is 0 Å². The molecule has 17 heavy (non-hydrogen) atoms. The van der Waals surface area contributed by atoms with Crippen molar-refractivity contribution in [2.75, 3.05) is 5.73 Å². The Hall–Kier alpha value is -2.41. The van der Waals surface area contributed by atoms with Crippen LogP contribution in [0.25, 0.3) is 11.4 Å². The van der Waals surface area contributed by atoms with Crippen LogP contribution in [-0.2, 0) is 0 Å². The maximum absolute atomic E-state index is 8.75. The van der Waals surface area contributed by atoms with E-state index < -0.39 is 0 Å². The zero-order chi connectivity index (χ0) is 12.4. The first-order valence-electron chi connectivity index (χ1n) is 5.22. The Bertz CT molecular complexity index is 611. The van der Waals surface area contributed by atoms with Gasteiger partial charge in [-0.2, -0.15) is 5.26 Å². The number of nitriles is 1. The van der Waals surface area contributed by atoms with Gasteiger partial charge in [-0.3, -0.25) is 0 Å². The van der Waals surface area contributed by atoms with E-state index in [1.165, 1.54) is 17.3 Å². The van der Waals surface area contributed by atoms with Crippen LogP contribution >= 0.6 is 0 Å². The summed E-state index contributed by atoms with van der Waals surface area (Å²) in [6.07, 6.45) is 1.45. The van der Waals surface area contributed by atoms with Crippen molar-refractivity contribution < 1.29 is 0 Å². The minimum Gasteiger partial charge on any atom is -0.382 e. The van der Waals surface area contributed by atoms with Gasteiger partial charge in [0.05, 0.1) is 6.20 Å². The average molecular weight is 224 g/mol. The van der Waals surface area contributed by atoms with Gasteiger partial charge in [-0.15, -0.1) is 0 Å². The minimum atomic E-state index is 0.218. The van der Waals surface area contributed by atoms with Gasteiger partial charge < -0.3 is 5.73 Å². The monoisotopic (exact) mass is 224 g/mol. The molecule has 2 aromatic rings. The zero-order valence-electron chi connectivity index (χ0n) is 9.73. The molecule has 0 aliphatic rings. The lowest BCUT2D eigenvalue weighted by Crippen LogP contribution is -1.99. The summed E-state index contributed by atoms with van der Waals surface area (Å²) >= 11 is 0. The first-order chi connectivity index (χ1) is 8.11. The highest BCUT2D eigenvalue weighted by Gasteiger charge is 2.06. The average Bonchev–Trinajstić information content (AvgIpc) is 2.32. The summed E-state index contributed by atoms with van der Waals surface area (Å²) in [5.74, 6) is 0.764. The molecule has 1 aromatic heterocycles. The Morgan fingerprint density at radius 3 is 2.59 bits per heavy atom. The fraction of sp³-hybridized carbons (Fsp3) is 0.154. The Labute approximate surface area is 99.8 Å². The SMILES string of the molecule is Cc1ccc(-c2ncc(C#N)c(N)n2)cc1C. The molecule has 0 radical (unpaired) electrons. The molecule has 2 rings (SSSR count). The molecule has 0 aliphatic heterocycles. The van der Waals surface area contributed by atoms with Crippen LogP contribution in [0.4, 0.5) is 5.82 Å². The number of aromatic nitrogens is 2. The summed E-state index contributed by atoms with van der Waals surface area (Å²) in [4.78, 5) is 8.27. The molecule has 0 spiro atoms. The van der Waals surface area contributed by atoms with Crippen molar-refractivity contribution in [3.63, 3.8) is 0 Å². The normalized spacial score (nSPS) is 9.94. The molecule has 0 bridgehead atoms. The quantitative estimate of drug-likeness (QED) is 0.805. The molecule has 1 heterocycles. The van der Waals surface area contributed by atoms with Crippen molar-refractivity contribution in [3.8, 4) is 17.5 Å². The molecule has 84 valence electrons. The first-order valence-corrected chi connectivity index (χ1v) is 5.22. The second kappa shape index (κ2) is 4.22. The largest absolute Gasteiger partial charge is 0.382 e. The second-order valence-electron chi connectivity index (χ2n) is 3.90. The molecule has 4 nitrogen and oxygen atoms in total. The summed E-state index contributed by atoms with van der Waals surface area (Å²) in [6, 6.07) is 7.92. The van der Waals surface area contributed by atoms with Crippen LogP contribution in [0.5, 0.6) is 0 Å². The predicted molar refractivity (Wildman–Crippen MR) is 66.1 cm³/mol. The summed E-state index contributed by atoms with van der Waals surface area (Å²) in [7, 11) is 0.